The Balaban J connectivity index is 2.97. The highest BCUT2D eigenvalue weighted by Crippen LogP contribution is 2.52. The summed E-state index contributed by atoms with van der Waals surface area (Å²) in [6.45, 7) is 0. The third-order valence-electron chi connectivity index (χ3n) is 1.26. The second-order valence-corrected chi connectivity index (χ2v) is 10.4. The lowest BCUT2D eigenvalue weighted by Gasteiger charge is -2.00. The van der Waals surface area contributed by atoms with Gasteiger partial charge in [0.1, 0.15) is 0 Å². The van der Waals surface area contributed by atoms with Gasteiger partial charge in [0.2, 0.25) is 0 Å². The van der Waals surface area contributed by atoms with Crippen LogP contribution >= 0.6 is 30.7 Å². The zero-order chi connectivity index (χ0) is 8.69. The van der Waals surface area contributed by atoms with Crippen LogP contribution in [-0.4, -0.2) is 17.2 Å². The number of carbonyl (C=O) groups is 1. The predicted molar refractivity (Wildman–Crippen MR) is 56.5 cm³/mol. The molecule has 0 aromatic heterocycles. The van der Waals surface area contributed by atoms with Crippen molar-refractivity contribution in [1.82, 2.24) is 0 Å². The molecular weight excluding hydrogens is 246 g/mol. The van der Waals surface area contributed by atoms with Crippen LogP contribution in [0.5, 0.6) is 0 Å². The molecule has 5 heteroatoms. The molecule has 0 aromatic carbocycles. The normalized spacial score (nSPS) is 12.9. The molecule has 0 spiro atoms. The van der Waals surface area contributed by atoms with Gasteiger partial charge < -0.3 is 5.11 Å². The number of carboxylic acid groups (broad SMARTS) is 1. The standard InChI is InChI=1S/C6H13BrO2P2/c7-11(10)5-3-1-2-4-6(8)9/h1-5,10H2,(H,8,9). The van der Waals surface area contributed by atoms with Crippen molar-refractivity contribution in [3.63, 3.8) is 0 Å². The maximum absolute atomic E-state index is 10.1. The third kappa shape index (κ3) is 10.8. The average Bonchev–Trinajstić information content (AvgIpc) is 1.85. The van der Waals surface area contributed by atoms with Crippen LogP contribution in [0.25, 0.3) is 0 Å². The highest BCUT2D eigenvalue weighted by molar-refractivity contribution is 9.44. The first-order chi connectivity index (χ1) is 5.13. The fourth-order valence-electron chi connectivity index (χ4n) is 0.716. The number of halogens is 1. The van der Waals surface area contributed by atoms with Gasteiger partial charge in [-0.15, -0.1) is 0 Å². The number of rotatable bonds is 6. The number of hydrogen-bond acceptors (Lipinski definition) is 1. The van der Waals surface area contributed by atoms with Crippen molar-refractivity contribution in [2.24, 2.45) is 0 Å². The molecule has 0 bridgehead atoms. The predicted octanol–water partition coefficient (Wildman–Crippen LogP) is 3.21. The van der Waals surface area contributed by atoms with E-state index in [1.54, 1.807) is 0 Å². The number of carboxylic acids is 1. The SMILES string of the molecule is O=C(O)CCCCCP(P)Br. The summed E-state index contributed by atoms with van der Waals surface area (Å²) >= 11 is 3.47. The summed E-state index contributed by atoms with van der Waals surface area (Å²) in [7, 11) is 2.73. The fraction of sp³-hybridized carbons (Fsp3) is 0.833. The largest absolute Gasteiger partial charge is 0.481 e. The maximum atomic E-state index is 10.1. The van der Waals surface area contributed by atoms with Gasteiger partial charge in [0.25, 0.3) is 0 Å². The van der Waals surface area contributed by atoms with Gasteiger partial charge in [-0.1, -0.05) is 30.8 Å². The van der Waals surface area contributed by atoms with Crippen molar-refractivity contribution in [2.45, 2.75) is 25.7 Å². The molecule has 0 rings (SSSR count). The van der Waals surface area contributed by atoms with E-state index in [0.717, 1.165) is 19.3 Å². The molecule has 0 heterocycles. The van der Waals surface area contributed by atoms with Crippen LogP contribution in [0.15, 0.2) is 0 Å². The minimum atomic E-state index is -0.683. The van der Waals surface area contributed by atoms with E-state index in [0.29, 0.717) is 6.42 Å². The van der Waals surface area contributed by atoms with E-state index in [-0.39, 0.29) is 6.31 Å². The summed E-state index contributed by atoms with van der Waals surface area (Å²) in [6, 6.07) is 0. The van der Waals surface area contributed by atoms with Gasteiger partial charge in [0.15, 0.2) is 0 Å². The van der Waals surface area contributed by atoms with Crippen LogP contribution in [0.3, 0.4) is 0 Å². The Morgan fingerprint density at radius 2 is 2.09 bits per heavy atom. The summed E-state index contributed by atoms with van der Waals surface area (Å²) < 4.78 is 0. The topological polar surface area (TPSA) is 37.3 Å². The van der Waals surface area contributed by atoms with Gasteiger partial charge in [-0.3, -0.25) is 4.79 Å². The molecule has 0 amide bonds. The molecule has 2 atom stereocenters. The zero-order valence-corrected chi connectivity index (χ0v) is 9.93. The summed E-state index contributed by atoms with van der Waals surface area (Å²) in [5.41, 5.74) is 0. The number of unbranched alkanes of at least 4 members (excludes halogenated alkanes) is 2. The van der Waals surface area contributed by atoms with E-state index in [1.165, 1.54) is 6.16 Å². The van der Waals surface area contributed by atoms with Crippen molar-refractivity contribution in [1.29, 1.82) is 0 Å². The first-order valence-electron chi connectivity index (χ1n) is 3.52. The Bertz CT molecular complexity index is 119. The molecule has 2 unspecified atom stereocenters. The van der Waals surface area contributed by atoms with E-state index in [2.05, 4.69) is 24.4 Å². The molecule has 11 heavy (non-hydrogen) atoms. The summed E-state index contributed by atoms with van der Waals surface area (Å²) in [5.74, 6) is -0.683. The molecule has 0 radical (unpaired) electrons. The highest BCUT2D eigenvalue weighted by Gasteiger charge is 1.98. The molecule has 0 saturated heterocycles. The summed E-state index contributed by atoms with van der Waals surface area (Å²) in [6.07, 6.45) is 4.41. The Kier molecular flexibility index (Phi) is 8.01. The number of hydrogen-bond donors (Lipinski definition) is 1. The first kappa shape index (κ1) is 11.8. The summed E-state index contributed by atoms with van der Waals surface area (Å²) in [4.78, 5) is 10.1. The third-order valence-corrected chi connectivity index (χ3v) is 3.84. The maximum Gasteiger partial charge on any atom is 0.303 e. The van der Waals surface area contributed by atoms with Crippen molar-refractivity contribution >= 4 is 36.7 Å². The van der Waals surface area contributed by atoms with Gasteiger partial charge in [0.05, 0.1) is 0 Å². The molecule has 66 valence electrons. The molecule has 0 aliphatic carbocycles. The Labute approximate surface area is 78.7 Å². The monoisotopic (exact) mass is 258 g/mol. The first-order valence-corrected chi connectivity index (χ1v) is 8.69. The van der Waals surface area contributed by atoms with E-state index in [4.69, 9.17) is 5.11 Å². The van der Waals surface area contributed by atoms with Crippen LogP contribution in [0.2, 0.25) is 0 Å². The van der Waals surface area contributed by atoms with Crippen LogP contribution in [-0.2, 0) is 4.79 Å². The quantitative estimate of drug-likeness (QED) is 0.587. The van der Waals surface area contributed by atoms with Crippen molar-refractivity contribution in [3.05, 3.63) is 0 Å². The van der Waals surface area contributed by atoms with Crippen LogP contribution in [0.4, 0.5) is 0 Å². The second kappa shape index (κ2) is 7.46. The molecule has 0 aliphatic heterocycles. The minimum absolute atomic E-state index is 0.0507. The lowest BCUT2D eigenvalue weighted by atomic mass is 10.2. The van der Waals surface area contributed by atoms with E-state index < -0.39 is 5.97 Å². The number of aliphatic carboxylic acids is 1. The molecule has 0 fully saturated rings. The Morgan fingerprint density at radius 3 is 2.55 bits per heavy atom. The molecular formula is C6H13BrO2P2. The minimum Gasteiger partial charge on any atom is -0.481 e. The smallest absolute Gasteiger partial charge is 0.303 e. The van der Waals surface area contributed by atoms with Gasteiger partial charge in [-0.2, -0.15) is 0 Å². The second-order valence-electron chi connectivity index (χ2n) is 2.33. The Hall–Kier alpha value is 0.810. The Morgan fingerprint density at radius 1 is 1.45 bits per heavy atom. The van der Waals surface area contributed by atoms with Crippen molar-refractivity contribution in [2.75, 3.05) is 6.16 Å². The van der Waals surface area contributed by atoms with E-state index in [9.17, 15) is 4.79 Å². The van der Waals surface area contributed by atoms with Gasteiger partial charge in [-0.05, 0) is 25.3 Å². The summed E-state index contributed by atoms with van der Waals surface area (Å²) in [5, 5.41) is 8.31. The van der Waals surface area contributed by atoms with Crippen LogP contribution in [0, 0.1) is 0 Å². The lowest BCUT2D eigenvalue weighted by molar-refractivity contribution is -0.137. The van der Waals surface area contributed by atoms with E-state index in [1.807, 2.05) is 0 Å². The zero-order valence-electron chi connectivity index (χ0n) is 6.29. The van der Waals surface area contributed by atoms with Gasteiger partial charge >= 0.3 is 5.97 Å². The van der Waals surface area contributed by atoms with E-state index >= 15 is 0 Å². The molecule has 0 saturated carbocycles. The van der Waals surface area contributed by atoms with Crippen molar-refractivity contribution in [3.8, 4) is 0 Å². The van der Waals surface area contributed by atoms with Gasteiger partial charge in [-0.25, -0.2) is 0 Å². The molecule has 0 aromatic rings. The van der Waals surface area contributed by atoms with Crippen LogP contribution < -0.4 is 0 Å². The highest BCUT2D eigenvalue weighted by atomic mass is 79.9. The molecule has 0 aliphatic rings. The molecule has 1 N–H and O–H groups in total. The fourth-order valence-corrected chi connectivity index (χ4v) is 2.54. The van der Waals surface area contributed by atoms with Gasteiger partial charge in [0, 0.05) is 6.42 Å². The molecule has 2 nitrogen and oxygen atoms in total. The van der Waals surface area contributed by atoms with Crippen molar-refractivity contribution < 1.29 is 9.90 Å². The average molecular weight is 259 g/mol. The van der Waals surface area contributed by atoms with Crippen LogP contribution in [0.1, 0.15) is 25.7 Å². The lowest BCUT2D eigenvalue weighted by Crippen LogP contribution is -1.93.